The maximum absolute atomic E-state index is 4.19. The molecule has 2 rings (SSSR count). The molecule has 0 unspecified atom stereocenters. The Balaban J connectivity index is 1.68. The highest BCUT2D eigenvalue weighted by Gasteiger charge is 1.93. The molecule has 5 heteroatoms. The fraction of sp³-hybridized carbons (Fsp3) is 0.200. The molecule has 3 N–H and O–H groups in total. The summed E-state index contributed by atoms with van der Waals surface area (Å²) >= 11 is 0. The molecule has 15 heavy (non-hydrogen) atoms. The van der Waals surface area contributed by atoms with Gasteiger partial charge >= 0.3 is 0 Å². The third-order valence-electron chi connectivity index (χ3n) is 1.93. The number of aromatic amines is 1. The van der Waals surface area contributed by atoms with Gasteiger partial charge in [0.05, 0.1) is 18.8 Å². The van der Waals surface area contributed by atoms with Crippen LogP contribution in [0.4, 0.5) is 0 Å². The Morgan fingerprint density at radius 2 is 2.00 bits per heavy atom. The molecule has 0 saturated heterocycles. The largest absolute Gasteiger partial charge is 0.347 e. The number of pyridine rings is 1. The van der Waals surface area contributed by atoms with Crippen LogP contribution in [0.3, 0.4) is 0 Å². The van der Waals surface area contributed by atoms with Crippen LogP contribution in [0.25, 0.3) is 0 Å². The SMILES string of the molecule is c1ccc(CNNCc2ncc[nH]2)nc1. The van der Waals surface area contributed by atoms with E-state index in [1.54, 1.807) is 18.6 Å². The van der Waals surface area contributed by atoms with E-state index in [1.807, 2.05) is 18.2 Å². The summed E-state index contributed by atoms with van der Waals surface area (Å²) in [6, 6.07) is 5.85. The maximum atomic E-state index is 4.19. The van der Waals surface area contributed by atoms with E-state index < -0.39 is 0 Å². The predicted molar refractivity (Wildman–Crippen MR) is 56.5 cm³/mol. The molecule has 0 saturated carbocycles. The average molecular weight is 203 g/mol. The topological polar surface area (TPSA) is 65.6 Å². The van der Waals surface area contributed by atoms with Crippen molar-refractivity contribution in [2.75, 3.05) is 0 Å². The summed E-state index contributed by atoms with van der Waals surface area (Å²) in [6.45, 7) is 1.36. The highest BCUT2D eigenvalue weighted by atomic mass is 15.4. The standard InChI is InChI=1S/C10H13N5/c1-2-4-11-9(3-1)7-14-15-8-10-12-5-6-13-10/h1-6,14-15H,7-8H2,(H,12,13). The first-order valence-electron chi connectivity index (χ1n) is 4.79. The Morgan fingerprint density at radius 3 is 2.73 bits per heavy atom. The smallest absolute Gasteiger partial charge is 0.121 e. The molecule has 2 aromatic heterocycles. The van der Waals surface area contributed by atoms with Crippen molar-refractivity contribution < 1.29 is 0 Å². The number of aromatic nitrogens is 3. The molecule has 0 aliphatic rings. The lowest BCUT2D eigenvalue weighted by Crippen LogP contribution is -2.31. The number of hydrogen-bond acceptors (Lipinski definition) is 4. The molecule has 5 nitrogen and oxygen atoms in total. The Kier molecular flexibility index (Phi) is 3.43. The summed E-state index contributed by atoms with van der Waals surface area (Å²) in [5.41, 5.74) is 7.12. The summed E-state index contributed by atoms with van der Waals surface area (Å²) in [6.07, 6.45) is 5.31. The van der Waals surface area contributed by atoms with Crippen LogP contribution >= 0.6 is 0 Å². The van der Waals surface area contributed by atoms with Crippen molar-refractivity contribution in [3.63, 3.8) is 0 Å². The van der Waals surface area contributed by atoms with Gasteiger partial charge in [0.25, 0.3) is 0 Å². The lowest BCUT2D eigenvalue weighted by molar-refractivity contribution is 0.514. The fourth-order valence-corrected chi connectivity index (χ4v) is 1.20. The van der Waals surface area contributed by atoms with E-state index in [4.69, 9.17) is 0 Å². The van der Waals surface area contributed by atoms with Crippen molar-refractivity contribution in [3.8, 4) is 0 Å². The van der Waals surface area contributed by atoms with Gasteiger partial charge in [-0.2, -0.15) is 0 Å². The normalized spacial score (nSPS) is 10.4. The Labute approximate surface area is 87.9 Å². The summed E-state index contributed by atoms with van der Waals surface area (Å²) in [5, 5.41) is 0. The molecular weight excluding hydrogens is 190 g/mol. The molecular formula is C10H13N5. The van der Waals surface area contributed by atoms with Crippen LogP contribution in [0.15, 0.2) is 36.8 Å². The Hall–Kier alpha value is -1.72. The van der Waals surface area contributed by atoms with Crippen LogP contribution in [-0.2, 0) is 13.1 Å². The van der Waals surface area contributed by atoms with Gasteiger partial charge in [0.15, 0.2) is 0 Å². The highest BCUT2D eigenvalue weighted by Crippen LogP contribution is 1.91. The van der Waals surface area contributed by atoms with Crippen LogP contribution in [0.5, 0.6) is 0 Å². The molecule has 0 aliphatic heterocycles. The molecule has 0 aromatic carbocycles. The van der Waals surface area contributed by atoms with E-state index >= 15 is 0 Å². The number of hydrazine groups is 1. The van der Waals surface area contributed by atoms with Gasteiger partial charge in [0.2, 0.25) is 0 Å². The zero-order valence-corrected chi connectivity index (χ0v) is 8.27. The first-order chi connectivity index (χ1) is 7.45. The second kappa shape index (κ2) is 5.23. The van der Waals surface area contributed by atoms with Crippen molar-refractivity contribution in [2.45, 2.75) is 13.1 Å². The first kappa shape index (κ1) is 9.82. The van der Waals surface area contributed by atoms with E-state index in [9.17, 15) is 0 Å². The molecule has 0 bridgehead atoms. The highest BCUT2D eigenvalue weighted by molar-refractivity contribution is 5.02. The summed E-state index contributed by atoms with van der Waals surface area (Å²) in [7, 11) is 0. The van der Waals surface area contributed by atoms with Gasteiger partial charge in [-0.15, -0.1) is 0 Å². The van der Waals surface area contributed by atoms with Gasteiger partial charge in [-0.1, -0.05) is 6.07 Å². The van der Waals surface area contributed by atoms with Gasteiger partial charge in [-0.25, -0.2) is 10.4 Å². The van der Waals surface area contributed by atoms with Crippen LogP contribution in [0, 0.1) is 0 Å². The van der Waals surface area contributed by atoms with Crippen LogP contribution in [0.2, 0.25) is 0 Å². The third kappa shape index (κ3) is 3.16. The zero-order chi connectivity index (χ0) is 10.3. The van der Waals surface area contributed by atoms with E-state index in [0.29, 0.717) is 13.1 Å². The van der Waals surface area contributed by atoms with E-state index in [0.717, 1.165) is 11.5 Å². The number of nitrogens with zero attached hydrogens (tertiary/aromatic N) is 2. The van der Waals surface area contributed by atoms with Crippen LogP contribution in [0.1, 0.15) is 11.5 Å². The van der Waals surface area contributed by atoms with Gasteiger partial charge in [-0.05, 0) is 12.1 Å². The molecule has 2 heterocycles. The lowest BCUT2D eigenvalue weighted by Gasteiger charge is -2.04. The molecule has 0 atom stereocenters. The minimum absolute atomic E-state index is 0.667. The zero-order valence-electron chi connectivity index (χ0n) is 8.27. The molecule has 0 spiro atoms. The van der Waals surface area contributed by atoms with Crippen LogP contribution < -0.4 is 10.9 Å². The molecule has 0 amide bonds. The molecule has 78 valence electrons. The first-order valence-corrected chi connectivity index (χ1v) is 4.79. The van der Waals surface area contributed by atoms with E-state index in [2.05, 4.69) is 25.8 Å². The average Bonchev–Trinajstić information content (AvgIpc) is 2.79. The van der Waals surface area contributed by atoms with Gasteiger partial charge in [0.1, 0.15) is 5.82 Å². The Bertz CT molecular complexity index is 370. The van der Waals surface area contributed by atoms with Crippen molar-refractivity contribution >= 4 is 0 Å². The van der Waals surface area contributed by atoms with Crippen molar-refractivity contribution in [2.24, 2.45) is 0 Å². The van der Waals surface area contributed by atoms with E-state index in [1.165, 1.54) is 0 Å². The summed E-state index contributed by atoms with van der Waals surface area (Å²) < 4.78 is 0. The molecule has 0 aliphatic carbocycles. The number of imidazole rings is 1. The van der Waals surface area contributed by atoms with Gasteiger partial charge in [-0.3, -0.25) is 10.4 Å². The molecule has 0 fully saturated rings. The van der Waals surface area contributed by atoms with Crippen LogP contribution in [-0.4, -0.2) is 15.0 Å². The van der Waals surface area contributed by atoms with Gasteiger partial charge in [0, 0.05) is 18.6 Å². The minimum Gasteiger partial charge on any atom is -0.347 e. The second-order valence-electron chi connectivity index (χ2n) is 3.06. The molecule has 0 radical (unpaired) electrons. The number of hydrogen-bond donors (Lipinski definition) is 3. The maximum Gasteiger partial charge on any atom is 0.121 e. The third-order valence-corrected chi connectivity index (χ3v) is 1.93. The van der Waals surface area contributed by atoms with Gasteiger partial charge < -0.3 is 4.98 Å². The number of H-pyrrole nitrogens is 1. The second-order valence-corrected chi connectivity index (χ2v) is 3.06. The predicted octanol–water partition coefficient (Wildman–Crippen LogP) is 0.599. The minimum atomic E-state index is 0.667. The van der Waals surface area contributed by atoms with E-state index in [-0.39, 0.29) is 0 Å². The molecule has 2 aromatic rings. The Morgan fingerprint density at radius 1 is 1.07 bits per heavy atom. The quantitative estimate of drug-likeness (QED) is 0.492. The van der Waals surface area contributed by atoms with Crippen molar-refractivity contribution in [1.29, 1.82) is 0 Å². The van der Waals surface area contributed by atoms with Crippen molar-refractivity contribution in [1.82, 2.24) is 25.8 Å². The van der Waals surface area contributed by atoms with Crippen molar-refractivity contribution in [3.05, 3.63) is 48.3 Å². The number of rotatable bonds is 5. The number of nitrogens with one attached hydrogen (secondary N) is 3. The summed E-state index contributed by atoms with van der Waals surface area (Å²) in [4.78, 5) is 11.3. The monoisotopic (exact) mass is 203 g/mol. The lowest BCUT2D eigenvalue weighted by atomic mass is 10.4. The fourth-order valence-electron chi connectivity index (χ4n) is 1.20. The summed E-state index contributed by atoms with van der Waals surface area (Å²) in [5.74, 6) is 0.906.